The van der Waals surface area contributed by atoms with E-state index in [1.807, 2.05) is 6.07 Å². The second-order valence-electron chi connectivity index (χ2n) is 6.85. The predicted octanol–water partition coefficient (Wildman–Crippen LogP) is 3.53. The van der Waals surface area contributed by atoms with Gasteiger partial charge in [-0.1, -0.05) is 30.3 Å². The number of rotatable bonds is 5. The van der Waals surface area contributed by atoms with Gasteiger partial charge in [0.25, 0.3) is 5.91 Å². The molecule has 0 bridgehead atoms. The lowest BCUT2D eigenvalue weighted by Crippen LogP contribution is -2.35. The monoisotopic (exact) mass is 393 g/mol. The van der Waals surface area contributed by atoms with Crippen molar-refractivity contribution in [1.29, 1.82) is 0 Å². The maximum atomic E-state index is 13.2. The number of carbonyl (C=O) groups excluding carboxylic acids is 2. The average Bonchev–Trinajstić information content (AvgIpc) is 3.45. The van der Waals surface area contributed by atoms with E-state index in [-0.39, 0.29) is 17.4 Å². The molecule has 2 aromatic carbocycles. The number of carbonyl (C=O) groups is 2. The number of hydrogen-bond donors (Lipinski definition) is 0. The summed E-state index contributed by atoms with van der Waals surface area (Å²) in [6.07, 6.45) is 3.67. The Hall–Kier alpha value is -3.48. The van der Waals surface area contributed by atoms with Gasteiger partial charge in [-0.3, -0.25) is 9.36 Å². The molecule has 29 heavy (non-hydrogen) atoms. The average molecular weight is 393 g/mol. The van der Waals surface area contributed by atoms with Crippen LogP contribution in [0.1, 0.15) is 35.0 Å². The summed E-state index contributed by atoms with van der Waals surface area (Å²) in [6.45, 7) is 1.32. The minimum absolute atomic E-state index is 0.159. The van der Waals surface area contributed by atoms with Crippen molar-refractivity contribution in [3.05, 3.63) is 84.2 Å². The highest BCUT2D eigenvalue weighted by Crippen LogP contribution is 2.24. The molecule has 1 atom stereocenters. The molecule has 1 aliphatic rings. The number of nitrogens with zero attached hydrogens (tertiary/aromatic N) is 3. The molecule has 0 radical (unpaired) electrons. The zero-order valence-corrected chi connectivity index (χ0v) is 15.7. The molecule has 0 aliphatic carbocycles. The molecule has 0 saturated carbocycles. The van der Waals surface area contributed by atoms with Gasteiger partial charge in [0.1, 0.15) is 5.82 Å². The van der Waals surface area contributed by atoms with E-state index in [0.29, 0.717) is 24.3 Å². The first-order chi connectivity index (χ1) is 14.1. The van der Waals surface area contributed by atoms with Crippen LogP contribution >= 0.6 is 0 Å². The van der Waals surface area contributed by atoms with Crippen molar-refractivity contribution in [2.75, 3.05) is 13.1 Å². The lowest BCUT2D eigenvalue weighted by Gasteiger charge is -2.23. The summed E-state index contributed by atoms with van der Waals surface area (Å²) >= 11 is 0. The molecule has 1 fully saturated rings. The van der Waals surface area contributed by atoms with Crippen molar-refractivity contribution >= 4 is 11.9 Å². The van der Waals surface area contributed by atoms with Gasteiger partial charge in [-0.25, -0.2) is 14.2 Å². The van der Waals surface area contributed by atoms with E-state index in [9.17, 15) is 14.0 Å². The summed E-state index contributed by atoms with van der Waals surface area (Å²) in [6, 6.07) is 14.7. The van der Waals surface area contributed by atoms with Gasteiger partial charge in [0.15, 0.2) is 5.69 Å². The first-order valence-electron chi connectivity index (χ1n) is 9.46. The highest BCUT2D eigenvalue weighted by molar-refractivity contribution is 5.92. The first-order valence-corrected chi connectivity index (χ1v) is 9.46. The van der Waals surface area contributed by atoms with Gasteiger partial charge in [0.05, 0.1) is 12.5 Å². The van der Waals surface area contributed by atoms with Crippen LogP contribution in [-0.2, 0) is 9.53 Å². The van der Waals surface area contributed by atoms with Gasteiger partial charge < -0.3 is 9.64 Å². The molecule has 4 rings (SSSR count). The molecule has 6 nitrogen and oxygen atoms in total. The van der Waals surface area contributed by atoms with E-state index in [1.165, 1.54) is 41.4 Å². The Morgan fingerprint density at radius 2 is 1.69 bits per heavy atom. The number of esters is 1. The summed E-state index contributed by atoms with van der Waals surface area (Å²) < 4.78 is 20.4. The molecule has 1 aliphatic heterocycles. The second kappa shape index (κ2) is 8.26. The zero-order valence-electron chi connectivity index (χ0n) is 15.7. The molecule has 1 aromatic heterocycles. The maximum absolute atomic E-state index is 13.2. The number of halogens is 1. The third-order valence-electron chi connectivity index (χ3n) is 4.92. The smallest absolute Gasteiger partial charge is 0.358 e. The van der Waals surface area contributed by atoms with Crippen molar-refractivity contribution in [2.45, 2.75) is 18.9 Å². The SMILES string of the molecule is O=C(OC(C(=O)N1CCCC1)c1ccccc1)c1cncn1-c1ccc(F)cc1. The fraction of sp³-hybridized carbons (Fsp3) is 0.227. The normalized spacial score (nSPS) is 14.6. The van der Waals surface area contributed by atoms with E-state index in [2.05, 4.69) is 4.98 Å². The number of likely N-dealkylation sites (tertiary alicyclic amines) is 1. The molecule has 1 unspecified atom stereocenters. The molecule has 0 spiro atoms. The van der Waals surface area contributed by atoms with Crippen LogP contribution in [0.25, 0.3) is 5.69 Å². The zero-order chi connectivity index (χ0) is 20.2. The lowest BCUT2D eigenvalue weighted by atomic mass is 10.1. The third-order valence-corrected chi connectivity index (χ3v) is 4.92. The predicted molar refractivity (Wildman–Crippen MR) is 104 cm³/mol. The highest BCUT2D eigenvalue weighted by atomic mass is 19.1. The van der Waals surface area contributed by atoms with Crippen LogP contribution in [0.4, 0.5) is 4.39 Å². The van der Waals surface area contributed by atoms with E-state index in [4.69, 9.17) is 4.74 Å². The van der Waals surface area contributed by atoms with Crippen LogP contribution in [0.3, 0.4) is 0 Å². The topological polar surface area (TPSA) is 64.4 Å². The lowest BCUT2D eigenvalue weighted by molar-refractivity contribution is -0.140. The number of aromatic nitrogens is 2. The Balaban J connectivity index is 1.61. The molecule has 7 heteroatoms. The maximum Gasteiger partial charge on any atom is 0.358 e. The van der Waals surface area contributed by atoms with Crippen LogP contribution in [0, 0.1) is 5.82 Å². The van der Waals surface area contributed by atoms with Crippen LogP contribution in [0.15, 0.2) is 67.1 Å². The second-order valence-corrected chi connectivity index (χ2v) is 6.85. The Bertz CT molecular complexity index is 996. The van der Waals surface area contributed by atoms with Gasteiger partial charge in [0.2, 0.25) is 6.10 Å². The Kier molecular flexibility index (Phi) is 5.37. The highest BCUT2D eigenvalue weighted by Gasteiger charge is 2.32. The number of imidazole rings is 1. The number of amides is 1. The molecular formula is C22H20FN3O3. The fourth-order valence-corrected chi connectivity index (χ4v) is 3.41. The van der Waals surface area contributed by atoms with Crippen molar-refractivity contribution in [3.63, 3.8) is 0 Å². The summed E-state index contributed by atoms with van der Waals surface area (Å²) in [5.41, 5.74) is 1.34. The van der Waals surface area contributed by atoms with Crippen LogP contribution in [0.5, 0.6) is 0 Å². The summed E-state index contributed by atoms with van der Waals surface area (Å²) in [4.78, 5) is 31.7. The van der Waals surface area contributed by atoms with Crippen LogP contribution in [-0.4, -0.2) is 39.4 Å². The van der Waals surface area contributed by atoms with Gasteiger partial charge in [0, 0.05) is 24.3 Å². The van der Waals surface area contributed by atoms with Gasteiger partial charge >= 0.3 is 5.97 Å². The minimum Gasteiger partial charge on any atom is -0.443 e. The van der Waals surface area contributed by atoms with Crippen molar-refractivity contribution in [3.8, 4) is 5.69 Å². The molecule has 1 saturated heterocycles. The Morgan fingerprint density at radius 1 is 1.00 bits per heavy atom. The fourth-order valence-electron chi connectivity index (χ4n) is 3.41. The molecule has 3 aromatic rings. The Morgan fingerprint density at radius 3 is 2.38 bits per heavy atom. The van der Waals surface area contributed by atoms with E-state index in [0.717, 1.165) is 12.8 Å². The quantitative estimate of drug-likeness (QED) is 0.622. The molecule has 1 amide bonds. The summed E-state index contributed by atoms with van der Waals surface area (Å²) in [7, 11) is 0. The molecule has 0 N–H and O–H groups in total. The van der Waals surface area contributed by atoms with Crippen LogP contribution in [0.2, 0.25) is 0 Å². The van der Waals surface area contributed by atoms with Gasteiger partial charge in [-0.2, -0.15) is 0 Å². The first kappa shape index (κ1) is 18.9. The third kappa shape index (κ3) is 4.03. The largest absolute Gasteiger partial charge is 0.443 e. The van der Waals surface area contributed by atoms with Crippen LogP contribution < -0.4 is 0 Å². The molecular weight excluding hydrogens is 373 g/mol. The molecule has 148 valence electrons. The number of benzene rings is 2. The van der Waals surface area contributed by atoms with E-state index in [1.54, 1.807) is 29.2 Å². The van der Waals surface area contributed by atoms with Gasteiger partial charge in [-0.15, -0.1) is 0 Å². The van der Waals surface area contributed by atoms with Crippen molar-refractivity contribution in [2.24, 2.45) is 0 Å². The Labute approximate surface area is 167 Å². The summed E-state index contributed by atoms with van der Waals surface area (Å²) in [5, 5.41) is 0. The number of hydrogen-bond acceptors (Lipinski definition) is 4. The molecule has 2 heterocycles. The van der Waals surface area contributed by atoms with Gasteiger partial charge in [-0.05, 0) is 37.1 Å². The van der Waals surface area contributed by atoms with Crippen molar-refractivity contribution < 1.29 is 18.7 Å². The van der Waals surface area contributed by atoms with E-state index < -0.39 is 12.1 Å². The van der Waals surface area contributed by atoms with Crippen molar-refractivity contribution in [1.82, 2.24) is 14.5 Å². The van der Waals surface area contributed by atoms with E-state index >= 15 is 0 Å². The number of ether oxygens (including phenoxy) is 1. The summed E-state index contributed by atoms with van der Waals surface area (Å²) in [5.74, 6) is -1.28. The standard InChI is InChI=1S/C22H20FN3O3/c23-17-8-10-18(11-9-17)26-15-24-14-19(26)22(28)29-20(16-6-2-1-3-7-16)21(27)25-12-4-5-13-25/h1-3,6-11,14-15,20H,4-5,12-13H2. The minimum atomic E-state index is -1.03.